The lowest BCUT2D eigenvalue weighted by Gasteiger charge is -2.10. The van der Waals surface area contributed by atoms with Crippen molar-refractivity contribution < 1.29 is 0 Å². The van der Waals surface area contributed by atoms with E-state index in [2.05, 4.69) is 32.9 Å². The van der Waals surface area contributed by atoms with E-state index in [0.29, 0.717) is 0 Å². The van der Waals surface area contributed by atoms with Crippen molar-refractivity contribution in [2.75, 3.05) is 0 Å². The van der Waals surface area contributed by atoms with Gasteiger partial charge in [-0.1, -0.05) is 19.1 Å². The molecule has 0 amide bonds. The van der Waals surface area contributed by atoms with E-state index in [1.54, 1.807) is 11.1 Å². The summed E-state index contributed by atoms with van der Waals surface area (Å²) >= 11 is 0. The van der Waals surface area contributed by atoms with E-state index in [-0.39, 0.29) is 0 Å². The third-order valence-electron chi connectivity index (χ3n) is 3.13. The fourth-order valence-electron chi connectivity index (χ4n) is 2.41. The Morgan fingerprint density at radius 3 is 2.50 bits per heavy atom. The van der Waals surface area contributed by atoms with Gasteiger partial charge in [0.05, 0.1) is 0 Å². The summed E-state index contributed by atoms with van der Waals surface area (Å²) in [4.78, 5) is 0. The van der Waals surface area contributed by atoms with Crippen molar-refractivity contribution >= 4 is 0 Å². The van der Waals surface area contributed by atoms with Gasteiger partial charge < -0.3 is 0 Å². The van der Waals surface area contributed by atoms with Gasteiger partial charge in [0.15, 0.2) is 0 Å². The third kappa shape index (κ3) is 0.979. The van der Waals surface area contributed by atoms with Gasteiger partial charge in [-0.15, -0.1) is 0 Å². The maximum Gasteiger partial charge on any atom is -0.0182 e. The number of hydrogen-bond acceptors (Lipinski definition) is 0. The van der Waals surface area contributed by atoms with E-state index in [1.165, 1.54) is 24.0 Å². The molecule has 0 saturated carbocycles. The van der Waals surface area contributed by atoms with Crippen LogP contribution in [0.1, 0.15) is 41.5 Å². The Morgan fingerprint density at radius 2 is 1.83 bits per heavy atom. The highest BCUT2D eigenvalue weighted by molar-refractivity contribution is 5.45. The highest BCUT2D eigenvalue weighted by atomic mass is 14.3. The average Bonchev–Trinajstić information content (AvgIpc) is 2.42. The van der Waals surface area contributed by atoms with Crippen molar-refractivity contribution in [2.45, 2.75) is 39.5 Å². The molecule has 64 valence electrons. The second-order valence-corrected chi connectivity index (χ2v) is 4.03. The largest absolute Gasteiger partial charge is 0.0588 e. The van der Waals surface area contributed by atoms with Crippen molar-refractivity contribution in [3.63, 3.8) is 0 Å². The maximum atomic E-state index is 2.35. The summed E-state index contributed by atoms with van der Waals surface area (Å²) in [5.74, 6) is 0.792. The molecule has 0 saturated heterocycles. The normalized spacial score (nSPS) is 21.1. The van der Waals surface area contributed by atoms with Gasteiger partial charge in [0.1, 0.15) is 0 Å². The molecule has 0 unspecified atom stereocenters. The highest BCUT2D eigenvalue weighted by Gasteiger charge is 2.21. The lowest BCUT2D eigenvalue weighted by atomic mass is 9.95. The van der Waals surface area contributed by atoms with Crippen LogP contribution in [0.3, 0.4) is 0 Å². The van der Waals surface area contributed by atoms with Gasteiger partial charge in [0.25, 0.3) is 0 Å². The van der Waals surface area contributed by atoms with Crippen LogP contribution in [-0.4, -0.2) is 0 Å². The smallest absolute Gasteiger partial charge is 0.0182 e. The molecule has 0 fully saturated rings. The Balaban J connectivity index is 2.64. The summed E-state index contributed by atoms with van der Waals surface area (Å²) in [6.45, 7) is 6.81. The fourth-order valence-corrected chi connectivity index (χ4v) is 2.41. The standard InChI is InChI=1S/C12H16/c1-8-4-5-9(2)12-10(3)6-7-11(8)12/h4-5,10H,6-7H2,1-3H3/t10-/m0/s1. The van der Waals surface area contributed by atoms with Crippen molar-refractivity contribution in [2.24, 2.45) is 0 Å². The van der Waals surface area contributed by atoms with Crippen LogP contribution >= 0.6 is 0 Å². The summed E-state index contributed by atoms with van der Waals surface area (Å²) in [5, 5.41) is 0. The fraction of sp³-hybridized carbons (Fsp3) is 0.500. The van der Waals surface area contributed by atoms with Crippen molar-refractivity contribution in [1.82, 2.24) is 0 Å². The first-order chi connectivity index (χ1) is 5.70. The van der Waals surface area contributed by atoms with Crippen molar-refractivity contribution in [1.29, 1.82) is 0 Å². The summed E-state index contributed by atoms with van der Waals surface area (Å²) in [6.07, 6.45) is 2.64. The molecule has 1 aromatic carbocycles. The molecular formula is C12H16. The minimum atomic E-state index is 0.792. The van der Waals surface area contributed by atoms with Crippen LogP contribution in [0.4, 0.5) is 0 Å². The van der Waals surface area contributed by atoms with E-state index in [1.807, 2.05) is 0 Å². The molecule has 2 rings (SSSR count). The second-order valence-electron chi connectivity index (χ2n) is 4.03. The molecule has 0 N–H and O–H groups in total. The van der Waals surface area contributed by atoms with Gasteiger partial charge in [-0.25, -0.2) is 0 Å². The Kier molecular flexibility index (Phi) is 1.71. The first-order valence-corrected chi connectivity index (χ1v) is 4.79. The zero-order valence-electron chi connectivity index (χ0n) is 8.15. The van der Waals surface area contributed by atoms with Gasteiger partial charge in [0, 0.05) is 0 Å². The number of fused-ring (bicyclic) bond motifs is 1. The van der Waals surface area contributed by atoms with Crippen LogP contribution in [0.5, 0.6) is 0 Å². The van der Waals surface area contributed by atoms with Crippen LogP contribution in [0, 0.1) is 13.8 Å². The van der Waals surface area contributed by atoms with Crippen LogP contribution < -0.4 is 0 Å². The van der Waals surface area contributed by atoms with Gasteiger partial charge in [0.2, 0.25) is 0 Å². The lowest BCUT2D eigenvalue weighted by molar-refractivity contribution is 0.744. The summed E-state index contributed by atoms with van der Waals surface area (Å²) < 4.78 is 0. The molecule has 1 atom stereocenters. The van der Waals surface area contributed by atoms with Gasteiger partial charge in [-0.05, 0) is 54.9 Å². The quantitative estimate of drug-likeness (QED) is 0.546. The van der Waals surface area contributed by atoms with Crippen LogP contribution in [0.15, 0.2) is 12.1 Å². The minimum absolute atomic E-state index is 0.792. The molecule has 0 aromatic heterocycles. The molecule has 0 bridgehead atoms. The number of hydrogen-bond donors (Lipinski definition) is 0. The summed E-state index contributed by atoms with van der Waals surface area (Å²) in [5.41, 5.74) is 6.23. The molecule has 0 spiro atoms. The van der Waals surface area contributed by atoms with Gasteiger partial charge in [-0.3, -0.25) is 0 Å². The molecule has 0 heterocycles. The highest BCUT2D eigenvalue weighted by Crippen LogP contribution is 2.36. The molecule has 0 heteroatoms. The number of rotatable bonds is 0. The Hall–Kier alpha value is -0.780. The van der Waals surface area contributed by atoms with Crippen molar-refractivity contribution in [3.8, 4) is 0 Å². The summed E-state index contributed by atoms with van der Waals surface area (Å²) in [7, 11) is 0. The van der Waals surface area contributed by atoms with Crippen LogP contribution in [0.2, 0.25) is 0 Å². The number of benzene rings is 1. The van der Waals surface area contributed by atoms with E-state index < -0.39 is 0 Å². The predicted octanol–water partition coefficient (Wildman–Crippen LogP) is 3.35. The second kappa shape index (κ2) is 2.62. The molecule has 0 nitrogen and oxygen atoms in total. The van der Waals surface area contributed by atoms with E-state index in [9.17, 15) is 0 Å². The Morgan fingerprint density at radius 1 is 1.17 bits per heavy atom. The van der Waals surface area contributed by atoms with Gasteiger partial charge in [-0.2, -0.15) is 0 Å². The average molecular weight is 160 g/mol. The zero-order chi connectivity index (χ0) is 8.72. The Labute approximate surface area is 74.6 Å². The van der Waals surface area contributed by atoms with Crippen molar-refractivity contribution in [3.05, 3.63) is 34.4 Å². The monoisotopic (exact) mass is 160 g/mol. The first kappa shape index (κ1) is 7.85. The summed E-state index contributed by atoms with van der Waals surface area (Å²) in [6, 6.07) is 4.52. The minimum Gasteiger partial charge on any atom is -0.0588 e. The van der Waals surface area contributed by atoms with Crippen LogP contribution in [-0.2, 0) is 6.42 Å². The molecule has 1 aliphatic carbocycles. The lowest BCUT2D eigenvalue weighted by Crippen LogP contribution is -1.93. The third-order valence-corrected chi connectivity index (χ3v) is 3.13. The zero-order valence-corrected chi connectivity index (χ0v) is 8.15. The molecule has 0 radical (unpaired) electrons. The van der Waals surface area contributed by atoms with E-state index >= 15 is 0 Å². The first-order valence-electron chi connectivity index (χ1n) is 4.79. The Bertz CT molecular complexity index is 310. The topological polar surface area (TPSA) is 0 Å². The molecule has 0 aliphatic heterocycles. The van der Waals surface area contributed by atoms with Gasteiger partial charge >= 0.3 is 0 Å². The number of aryl methyl sites for hydroxylation is 2. The van der Waals surface area contributed by atoms with E-state index in [0.717, 1.165) is 5.92 Å². The predicted molar refractivity (Wildman–Crippen MR) is 52.7 cm³/mol. The van der Waals surface area contributed by atoms with Crippen LogP contribution in [0.25, 0.3) is 0 Å². The molecule has 12 heavy (non-hydrogen) atoms. The maximum absolute atomic E-state index is 2.35. The van der Waals surface area contributed by atoms with E-state index in [4.69, 9.17) is 0 Å². The molecular weight excluding hydrogens is 144 g/mol. The molecule has 1 aromatic rings. The molecule has 1 aliphatic rings. The SMILES string of the molecule is Cc1ccc(C)c2c1CC[C@@H]2C.